The Morgan fingerprint density at radius 1 is 0.473 bits per heavy atom. The predicted molar refractivity (Wildman–Crippen MR) is 224 cm³/mol. The monoisotopic (exact) mass is 807 g/mol. The average molecular weight is 807 g/mol. The highest BCUT2D eigenvalue weighted by molar-refractivity contribution is 7.47. The summed E-state index contributed by atoms with van der Waals surface area (Å²) in [5.74, 6) is -0.907. The molecule has 11 heteroatoms. The molecule has 0 aliphatic carbocycles. The number of carbonyl (C=O) groups excluding carboxylic acids is 2. The molecule has 0 radical (unpaired) electrons. The topological polar surface area (TPSA) is 149 Å². The molecule has 3 N–H and O–H groups in total. The Morgan fingerprint density at radius 3 is 1.13 bits per heavy atom. The Morgan fingerprint density at radius 2 is 0.782 bits per heavy atom. The maximum absolute atomic E-state index is 12.6. The summed E-state index contributed by atoms with van der Waals surface area (Å²) in [6, 6.07) is 0. The molecule has 0 heterocycles. The molecule has 0 aromatic rings. The number of aliphatic hydroxyl groups is 2. The zero-order valence-corrected chi connectivity index (χ0v) is 36.6. The van der Waals surface area contributed by atoms with E-state index in [1.165, 1.54) is 161 Å². The van der Waals surface area contributed by atoms with Crippen molar-refractivity contribution in [3.8, 4) is 0 Å². The molecular weight excluding hydrogens is 719 g/mol. The fourth-order valence-electron chi connectivity index (χ4n) is 6.70. The van der Waals surface area contributed by atoms with E-state index in [2.05, 4.69) is 13.8 Å². The van der Waals surface area contributed by atoms with Crippen molar-refractivity contribution in [3.63, 3.8) is 0 Å². The first-order valence-electron chi connectivity index (χ1n) is 23.0. The van der Waals surface area contributed by atoms with Gasteiger partial charge in [-0.25, -0.2) is 4.57 Å². The van der Waals surface area contributed by atoms with Crippen molar-refractivity contribution in [1.29, 1.82) is 0 Å². The van der Waals surface area contributed by atoms with Crippen molar-refractivity contribution >= 4 is 19.8 Å². The molecular formula is C44H87O10P. The SMILES string of the molecule is CCCCCCCCCCCCCCCCCCCCCC(=O)OC[C@H](COP(=O)(O)OC[C@@H](O)CO)OC(=O)CCCCCCCCCCCCCCC. The maximum atomic E-state index is 12.6. The van der Waals surface area contributed by atoms with Gasteiger partial charge < -0.3 is 24.6 Å². The maximum Gasteiger partial charge on any atom is 0.472 e. The molecule has 55 heavy (non-hydrogen) atoms. The van der Waals surface area contributed by atoms with E-state index in [0.29, 0.717) is 12.8 Å². The van der Waals surface area contributed by atoms with E-state index in [-0.39, 0.29) is 19.4 Å². The van der Waals surface area contributed by atoms with E-state index < -0.39 is 51.8 Å². The highest BCUT2D eigenvalue weighted by atomic mass is 31.2. The molecule has 10 nitrogen and oxygen atoms in total. The number of carbonyl (C=O) groups is 2. The van der Waals surface area contributed by atoms with Gasteiger partial charge in [-0.1, -0.05) is 206 Å². The van der Waals surface area contributed by atoms with Crippen LogP contribution in [0.5, 0.6) is 0 Å². The third-order valence-corrected chi connectivity index (χ3v) is 11.2. The van der Waals surface area contributed by atoms with Crippen LogP contribution in [0.25, 0.3) is 0 Å². The molecule has 0 aromatic carbocycles. The minimum Gasteiger partial charge on any atom is -0.462 e. The number of aliphatic hydroxyl groups excluding tert-OH is 2. The van der Waals surface area contributed by atoms with Crippen molar-refractivity contribution in [3.05, 3.63) is 0 Å². The fraction of sp³-hybridized carbons (Fsp3) is 0.955. The molecule has 0 fully saturated rings. The van der Waals surface area contributed by atoms with Crippen molar-refractivity contribution in [1.82, 2.24) is 0 Å². The van der Waals surface area contributed by atoms with Crippen LogP contribution < -0.4 is 0 Å². The Kier molecular flexibility index (Phi) is 40.4. The largest absolute Gasteiger partial charge is 0.472 e. The van der Waals surface area contributed by atoms with Crippen LogP contribution in [0, 0.1) is 0 Å². The summed E-state index contributed by atoms with van der Waals surface area (Å²) in [6.45, 7) is 2.42. The third kappa shape index (κ3) is 40.9. The van der Waals surface area contributed by atoms with Crippen LogP contribution in [0.4, 0.5) is 0 Å². The van der Waals surface area contributed by atoms with Gasteiger partial charge in [0.15, 0.2) is 6.10 Å². The number of hydrogen-bond donors (Lipinski definition) is 3. The van der Waals surface area contributed by atoms with Gasteiger partial charge in [-0.3, -0.25) is 18.6 Å². The molecule has 0 aromatic heterocycles. The summed E-state index contributed by atoms with van der Waals surface area (Å²) in [5.41, 5.74) is 0. The summed E-state index contributed by atoms with van der Waals surface area (Å²) in [7, 11) is -4.61. The molecule has 3 atom stereocenters. The van der Waals surface area contributed by atoms with Gasteiger partial charge in [0, 0.05) is 12.8 Å². The zero-order chi connectivity index (χ0) is 40.5. The first-order chi connectivity index (χ1) is 26.7. The van der Waals surface area contributed by atoms with Gasteiger partial charge in [0.05, 0.1) is 19.8 Å². The summed E-state index contributed by atoms with van der Waals surface area (Å²) in [5, 5.41) is 18.3. The number of phosphoric ester groups is 1. The lowest BCUT2D eigenvalue weighted by molar-refractivity contribution is -0.161. The zero-order valence-electron chi connectivity index (χ0n) is 35.7. The van der Waals surface area contributed by atoms with E-state index in [4.69, 9.17) is 23.6 Å². The van der Waals surface area contributed by atoms with Crippen LogP contribution in [-0.2, 0) is 32.7 Å². The van der Waals surface area contributed by atoms with Crippen LogP contribution in [-0.4, -0.2) is 65.7 Å². The predicted octanol–water partition coefficient (Wildman–Crippen LogP) is 12.2. The van der Waals surface area contributed by atoms with Gasteiger partial charge in [0.25, 0.3) is 0 Å². The lowest BCUT2D eigenvalue weighted by Gasteiger charge is -2.20. The Hall–Kier alpha value is -1.03. The highest BCUT2D eigenvalue weighted by Crippen LogP contribution is 2.43. The lowest BCUT2D eigenvalue weighted by atomic mass is 10.0. The highest BCUT2D eigenvalue weighted by Gasteiger charge is 2.27. The van der Waals surface area contributed by atoms with Gasteiger partial charge in [0.2, 0.25) is 0 Å². The van der Waals surface area contributed by atoms with Gasteiger partial charge in [-0.05, 0) is 12.8 Å². The smallest absolute Gasteiger partial charge is 0.462 e. The van der Waals surface area contributed by atoms with Crippen molar-refractivity contribution in [2.24, 2.45) is 0 Å². The van der Waals surface area contributed by atoms with E-state index in [9.17, 15) is 24.2 Å². The Bertz CT molecular complexity index is 889. The van der Waals surface area contributed by atoms with E-state index in [1.807, 2.05) is 0 Å². The van der Waals surface area contributed by atoms with Crippen molar-refractivity contribution in [2.75, 3.05) is 26.4 Å². The molecule has 1 unspecified atom stereocenters. The van der Waals surface area contributed by atoms with Crippen molar-refractivity contribution in [2.45, 2.75) is 244 Å². The molecule has 0 spiro atoms. The van der Waals surface area contributed by atoms with Gasteiger partial charge in [-0.2, -0.15) is 0 Å². The summed E-state index contributed by atoms with van der Waals surface area (Å²) < 4.78 is 32.7. The molecule has 0 bridgehead atoms. The molecule has 328 valence electrons. The number of esters is 2. The first kappa shape index (κ1) is 54.0. The fourth-order valence-corrected chi connectivity index (χ4v) is 7.49. The van der Waals surface area contributed by atoms with Gasteiger partial charge in [0.1, 0.15) is 12.7 Å². The Balaban J connectivity index is 4.17. The van der Waals surface area contributed by atoms with E-state index in [1.54, 1.807) is 0 Å². The number of ether oxygens (including phenoxy) is 2. The molecule has 0 saturated heterocycles. The van der Waals surface area contributed by atoms with Crippen molar-refractivity contribution < 1.29 is 47.8 Å². The second kappa shape index (κ2) is 41.1. The summed E-state index contributed by atoms with van der Waals surface area (Å²) in [4.78, 5) is 35.0. The normalized spacial score (nSPS) is 13.8. The standard InChI is InChI=1S/C44H87O10P/c1-3-5-7-9-11-13-15-17-18-19-20-21-22-24-25-27-29-31-33-35-43(47)51-39-42(40-53-55(49,50)52-38-41(46)37-45)54-44(48)36-34-32-30-28-26-23-16-14-12-10-8-6-4-2/h41-42,45-46H,3-40H2,1-2H3,(H,49,50)/t41-,42+/m0/s1. The lowest BCUT2D eigenvalue weighted by Crippen LogP contribution is -2.29. The second-order valence-corrected chi connectivity index (χ2v) is 17.3. The number of phosphoric acid groups is 1. The minimum absolute atomic E-state index is 0.192. The van der Waals surface area contributed by atoms with E-state index >= 15 is 0 Å². The quantitative estimate of drug-likeness (QED) is 0.0308. The number of unbranched alkanes of at least 4 members (excludes halogenated alkanes) is 30. The summed E-state index contributed by atoms with van der Waals surface area (Å²) >= 11 is 0. The van der Waals surface area contributed by atoms with Crippen LogP contribution >= 0.6 is 7.82 Å². The molecule has 0 rings (SSSR count). The van der Waals surface area contributed by atoms with Crippen LogP contribution in [0.2, 0.25) is 0 Å². The van der Waals surface area contributed by atoms with E-state index in [0.717, 1.165) is 32.1 Å². The van der Waals surface area contributed by atoms with Crippen LogP contribution in [0.1, 0.15) is 232 Å². The average Bonchev–Trinajstić information content (AvgIpc) is 3.17. The molecule has 0 saturated carbocycles. The van der Waals surface area contributed by atoms with Gasteiger partial charge >= 0.3 is 19.8 Å². The van der Waals surface area contributed by atoms with Gasteiger partial charge in [-0.15, -0.1) is 0 Å². The minimum atomic E-state index is -4.61. The first-order valence-corrected chi connectivity index (χ1v) is 24.5. The number of hydrogen-bond acceptors (Lipinski definition) is 9. The molecule has 0 amide bonds. The Labute approximate surface area is 337 Å². The second-order valence-electron chi connectivity index (χ2n) is 15.8. The molecule has 0 aliphatic heterocycles. The molecule has 0 aliphatic rings. The number of rotatable bonds is 44. The summed E-state index contributed by atoms with van der Waals surface area (Å²) in [6.07, 6.45) is 37.8. The van der Waals surface area contributed by atoms with Crippen LogP contribution in [0.3, 0.4) is 0 Å². The third-order valence-electron chi connectivity index (χ3n) is 10.3. The van der Waals surface area contributed by atoms with Crippen LogP contribution in [0.15, 0.2) is 0 Å².